The van der Waals surface area contributed by atoms with Crippen molar-refractivity contribution in [3.63, 3.8) is 0 Å². The lowest BCUT2D eigenvalue weighted by atomic mass is 10.1. The Labute approximate surface area is 89.5 Å². The van der Waals surface area contributed by atoms with Crippen molar-refractivity contribution in [1.82, 2.24) is 9.78 Å². The van der Waals surface area contributed by atoms with Crippen LogP contribution in [-0.4, -0.2) is 9.78 Å². The van der Waals surface area contributed by atoms with Gasteiger partial charge in [-0.1, -0.05) is 30.3 Å². The zero-order valence-corrected chi connectivity index (χ0v) is 9.07. The van der Waals surface area contributed by atoms with Crippen LogP contribution in [0.5, 0.6) is 0 Å². The number of hydrogen-bond acceptors (Lipinski definition) is 2. The van der Waals surface area contributed by atoms with Crippen LogP contribution in [0.3, 0.4) is 0 Å². The molecule has 1 heterocycles. The molecule has 1 aromatic carbocycles. The van der Waals surface area contributed by atoms with Crippen LogP contribution < -0.4 is 5.73 Å². The Bertz CT molecular complexity index is 457. The van der Waals surface area contributed by atoms with Crippen LogP contribution in [0, 0.1) is 6.92 Å². The molecular formula is C12H15N3. The maximum atomic E-state index is 6.03. The van der Waals surface area contributed by atoms with Gasteiger partial charge >= 0.3 is 0 Å². The molecule has 15 heavy (non-hydrogen) atoms. The van der Waals surface area contributed by atoms with E-state index in [2.05, 4.69) is 24.2 Å². The van der Waals surface area contributed by atoms with Crippen LogP contribution in [0.25, 0.3) is 11.3 Å². The van der Waals surface area contributed by atoms with E-state index in [4.69, 9.17) is 5.73 Å². The van der Waals surface area contributed by atoms with Gasteiger partial charge in [0, 0.05) is 12.1 Å². The molecule has 2 N–H and O–H groups in total. The van der Waals surface area contributed by atoms with Gasteiger partial charge in [-0.05, 0) is 13.8 Å². The first-order valence-electron chi connectivity index (χ1n) is 5.12. The molecule has 0 aliphatic carbocycles. The summed E-state index contributed by atoms with van der Waals surface area (Å²) in [6.45, 7) is 4.84. The fourth-order valence-electron chi connectivity index (χ4n) is 1.72. The minimum Gasteiger partial charge on any atom is -0.395 e. The quantitative estimate of drug-likeness (QED) is 0.811. The smallest absolute Gasteiger partial charge is 0.0914 e. The van der Waals surface area contributed by atoms with Crippen LogP contribution in [0.4, 0.5) is 5.69 Å². The predicted molar refractivity (Wildman–Crippen MR) is 62.5 cm³/mol. The Hall–Kier alpha value is -1.77. The highest BCUT2D eigenvalue weighted by Crippen LogP contribution is 2.27. The van der Waals surface area contributed by atoms with Gasteiger partial charge in [0.05, 0.1) is 17.1 Å². The van der Waals surface area contributed by atoms with Crippen LogP contribution >= 0.6 is 0 Å². The molecule has 0 saturated heterocycles. The molecule has 0 aliphatic rings. The lowest BCUT2D eigenvalue weighted by Crippen LogP contribution is -1.99. The van der Waals surface area contributed by atoms with Crippen LogP contribution in [-0.2, 0) is 6.54 Å². The third-order valence-electron chi connectivity index (χ3n) is 2.52. The summed E-state index contributed by atoms with van der Waals surface area (Å²) >= 11 is 0. The first kappa shape index (κ1) is 9.77. The molecule has 0 fully saturated rings. The van der Waals surface area contributed by atoms with Crippen molar-refractivity contribution in [3.05, 3.63) is 36.0 Å². The molecule has 0 spiro atoms. The van der Waals surface area contributed by atoms with E-state index in [1.165, 1.54) is 0 Å². The van der Waals surface area contributed by atoms with E-state index in [1.54, 1.807) is 0 Å². The lowest BCUT2D eigenvalue weighted by Gasteiger charge is -2.05. The van der Waals surface area contributed by atoms with Gasteiger partial charge < -0.3 is 5.73 Å². The number of aryl methyl sites for hydroxylation is 2. The van der Waals surface area contributed by atoms with Gasteiger partial charge in [-0.15, -0.1) is 0 Å². The summed E-state index contributed by atoms with van der Waals surface area (Å²) < 4.78 is 1.94. The number of aromatic nitrogens is 2. The molecule has 0 amide bonds. The van der Waals surface area contributed by atoms with Gasteiger partial charge in [-0.25, -0.2) is 0 Å². The van der Waals surface area contributed by atoms with E-state index in [1.807, 2.05) is 29.8 Å². The highest BCUT2D eigenvalue weighted by Gasteiger charge is 2.12. The highest BCUT2D eigenvalue weighted by atomic mass is 15.3. The van der Waals surface area contributed by atoms with Gasteiger partial charge in [0.1, 0.15) is 0 Å². The second kappa shape index (κ2) is 3.77. The average Bonchev–Trinajstić information content (AvgIpc) is 2.56. The van der Waals surface area contributed by atoms with Crippen molar-refractivity contribution in [1.29, 1.82) is 0 Å². The molecule has 2 aromatic rings. The van der Waals surface area contributed by atoms with Crippen LogP contribution in [0.15, 0.2) is 30.3 Å². The molecule has 2 rings (SSSR count). The molecule has 0 aliphatic heterocycles. The maximum Gasteiger partial charge on any atom is 0.0914 e. The number of nitrogens with zero attached hydrogens (tertiary/aromatic N) is 2. The SMILES string of the molecule is CCn1nc(C)c(N)c1-c1ccccc1. The molecule has 0 radical (unpaired) electrons. The summed E-state index contributed by atoms with van der Waals surface area (Å²) in [6, 6.07) is 10.1. The van der Waals surface area contributed by atoms with E-state index in [9.17, 15) is 0 Å². The Kier molecular flexibility index (Phi) is 2.46. The van der Waals surface area contributed by atoms with E-state index in [-0.39, 0.29) is 0 Å². The third-order valence-corrected chi connectivity index (χ3v) is 2.52. The van der Waals surface area contributed by atoms with Crippen molar-refractivity contribution in [2.24, 2.45) is 0 Å². The molecule has 1 aromatic heterocycles. The van der Waals surface area contributed by atoms with Crippen molar-refractivity contribution in [2.45, 2.75) is 20.4 Å². The summed E-state index contributed by atoms with van der Waals surface area (Å²) in [5, 5.41) is 4.40. The minimum absolute atomic E-state index is 0.781. The largest absolute Gasteiger partial charge is 0.395 e. The molecule has 0 atom stereocenters. The number of benzene rings is 1. The molecule has 0 unspecified atom stereocenters. The number of nitrogen functional groups attached to an aromatic ring is 1. The number of nitrogens with two attached hydrogens (primary N) is 1. The zero-order valence-electron chi connectivity index (χ0n) is 9.07. The predicted octanol–water partition coefficient (Wildman–Crippen LogP) is 2.46. The highest BCUT2D eigenvalue weighted by molar-refractivity contribution is 5.74. The summed E-state index contributed by atoms with van der Waals surface area (Å²) in [5.74, 6) is 0. The Balaban J connectivity index is 2.61. The number of rotatable bonds is 2. The number of hydrogen-bond donors (Lipinski definition) is 1. The fraction of sp³-hybridized carbons (Fsp3) is 0.250. The summed E-state index contributed by atoms with van der Waals surface area (Å²) in [5.41, 5.74) is 9.85. The van der Waals surface area contributed by atoms with Gasteiger partial charge in [-0.3, -0.25) is 4.68 Å². The third kappa shape index (κ3) is 1.61. The molecular weight excluding hydrogens is 186 g/mol. The maximum absolute atomic E-state index is 6.03. The number of anilines is 1. The van der Waals surface area contributed by atoms with Gasteiger partial charge in [-0.2, -0.15) is 5.10 Å². The monoisotopic (exact) mass is 201 g/mol. The molecule has 0 bridgehead atoms. The molecule has 78 valence electrons. The van der Waals surface area contributed by atoms with E-state index >= 15 is 0 Å². The van der Waals surface area contributed by atoms with E-state index in [0.717, 1.165) is 29.2 Å². The molecule has 3 heteroatoms. The first-order chi connectivity index (χ1) is 7.24. The van der Waals surface area contributed by atoms with E-state index in [0.29, 0.717) is 0 Å². The van der Waals surface area contributed by atoms with Gasteiger partial charge in [0.25, 0.3) is 0 Å². The van der Waals surface area contributed by atoms with Gasteiger partial charge in [0.15, 0.2) is 0 Å². The normalized spacial score (nSPS) is 10.5. The average molecular weight is 201 g/mol. The topological polar surface area (TPSA) is 43.8 Å². The first-order valence-corrected chi connectivity index (χ1v) is 5.12. The Morgan fingerprint density at radius 1 is 1.27 bits per heavy atom. The van der Waals surface area contributed by atoms with Crippen molar-refractivity contribution in [3.8, 4) is 11.3 Å². The Morgan fingerprint density at radius 2 is 1.93 bits per heavy atom. The van der Waals surface area contributed by atoms with Crippen molar-refractivity contribution in [2.75, 3.05) is 5.73 Å². The molecule has 3 nitrogen and oxygen atoms in total. The second-order valence-corrected chi connectivity index (χ2v) is 3.53. The van der Waals surface area contributed by atoms with Gasteiger partial charge in [0.2, 0.25) is 0 Å². The lowest BCUT2D eigenvalue weighted by molar-refractivity contribution is 0.660. The Morgan fingerprint density at radius 3 is 2.53 bits per heavy atom. The summed E-state index contributed by atoms with van der Waals surface area (Å²) in [4.78, 5) is 0. The standard InChI is InChI=1S/C12H15N3/c1-3-15-12(11(13)9(2)14-15)10-7-5-4-6-8-10/h4-8H,3,13H2,1-2H3. The summed E-state index contributed by atoms with van der Waals surface area (Å²) in [7, 11) is 0. The van der Waals surface area contributed by atoms with Crippen molar-refractivity contribution >= 4 is 5.69 Å². The van der Waals surface area contributed by atoms with Crippen LogP contribution in [0.2, 0.25) is 0 Å². The molecule has 0 saturated carbocycles. The zero-order chi connectivity index (χ0) is 10.8. The van der Waals surface area contributed by atoms with Crippen LogP contribution in [0.1, 0.15) is 12.6 Å². The summed E-state index contributed by atoms with van der Waals surface area (Å²) in [6.07, 6.45) is 0. The van der Waals surface area contributed by atoms with Crippen molar-refractivity contribution < 1.29 is 0 Å². The second-order valence-electron chi connectivity index (χ2n) is 3.53. The fourth-order valence-corrected chi connectivity index (χ4v) is 1.72. The van der Waals surface area contributed by atoms with E-state index < -0.39 is 0 Å². The minimum atomic E-state index is 0.781.